The van der Waals surface area contributed by atoms with E-state index in [1.807, 2.05) is 36.7 Å². The first-order chi connectivity index (χ1) is 8.66. The predicted octanol–water partition coefficient (Wildman–Crippen LogP) is 3.08. The zero-order valence-corrected chi connectivity index (χ0v) is 11.0. The number of benzene rings is 1. The molecule has 0 unspecified atom stereocenters. The monoisotopic (exact) mass is 261 g/mol. The fraction of sp³-hybridized carbons (Fsp3) is 0.214. The van der Waals surface area contributed by atoms with Gasteiger partial charge in [-0.2, -0.15) is 0 Å². The van der Waals surface area contributed by atoms with Crippen molar-refractivity contribution in [2.24, 2.45) is 0 Å². The van der Waals surface area contributed by atoms with Crippen molar-refractivity contribution in [2.75, 3.05) is 7.05 Å². The van der Waals surface area contributed by atoms with Crippen LogP contribution in [0.5, 0.6) is 0 Å². The van der Waals surface area contributed by atoms with E-state index >= 15 is 0 Å². The molecule has 0 atom stereocenters. The first kappa shape index (κ1) is 12.8. The van der Waals surface area contributed by atoms with Crippen LogP contribution in [0.4, 0.5) is 0 Å². The Balaban J connectivity index is 2.01. The summed E-state index contributed by atoms with van der Waals surface area (Å²) in [6.45, 7) is 1.47. The molecule has 0 amide bonds. The van der Waals surface area contributed by atoms with Crippen molar-refractivity contribution >= 4 is 17.3 Å². The molecule has 4 heteroatoms. The van der Waals surface area contributed by atoms with Crippen LogP contribution in [-0.2, 0) is 13.1 Å². The molecule has 0 saturated carbocycles. The van der Waals surface area contributed by atoms with Crippen molar-refractivity contribution in [3.8, 4) is 0 Å². The van der Waals surface area contributed by atoms with Gasteiger partial charge in [0.05, 0.1) is 0 Å². The number of hydrogen-bond donors (Lipinski definition) is 1. The third kappa shape index (κ3) is 3.18. The maximum Gasteiger partial charge on any atom is 0.346 e. The number of rotatable bonds is 5. The molecule has 1 heterocycles. The summed E-state index contributed by atoms with van der Waals surface area (Å²) in [5, 5.41) is 10.9. The lowest BCUT2D eigenvalue weighted by molar-refractivity contribution is 0.0700. The molecule has 2 rings (SSSR count). The van der Waals surface area contributed by atoms with Gasteiger partial charge in [-0.05, 0) is 29.6 Å². The predicted molar refractivity (Wildman–Crippen MR) is 72.9 cm³/mol. The average Bonchev–Trinajstić information content (AvgIpc) is 2.78. The molecule has 3 nitrogen and oxygen atoms in total. The van der Waals surface area contributed by atoms with Gasteiger partial charge >= 0.3 is 5.97 Å². The molecule has 0 spiro atoms. The molecule has 0 fully saturated rings. The maximum absolute atomic E-state index is 11.0. The largest absolute Gasteiger partial charge is 0.477 e. The molecule has 0 radical (unpaired) electrons. The zero-order valence-electron chi connectivity index (χ0n) is 10.2. The fourth-order valence-corrected chi connectivity index (χ4v) is 2.64. The van der Waals surface area contributed by atoms with Gasteiger partial charge in [0.25, 0.3) is 0 Å². The van der Waals surface area contributed by atoms with Gasteiger partial charge in [0, 0.05) is 13.1 Å². The van der Waals surface area contributed by atoms with E-state index in [1.165, 1.54) is 16.9 Å². The minimum Gasteiger partial charge on any atom is -0.477 e. The Bertz CT molecular complexity index is 522. The molecular weight excluding hydrogens is 246 g/mol. The maximum atomic E-state index is 11.0. The Labute approximate surface area is 110 Å². The van der Waals surface area contributed by atoms with Crippen molar-refractivity contribution in [2.45, 2.75) is 13.1 Å². The van der Waals surface area contributed by atoms with Gasteiger partial charge in [-0.15, -0.1) is 11.3 Å². The van der Waals surface area contributed by atoms with Gasteiger partial charge in [0.1, 0.15) is 4.88 Å². The number of thiophene rings is 1. The molecule has 2 aromatic rings. The van der Waals surface area contributed by atoms with Gasteiger partial charge in [-0.1, -0.05) is 30.3 Å². The summed E-state index contributed by atoms with van der Waals surface area (Å²) in [6.07, 6.45) is 0. The summed E-state index contributed by atoms with van der Waals surface area (Å²) >= 11 is 1.28. The highest BCUT2D eigenvalue weighted by atomic mass is 32.1. The van der Waals surface area contributed by atoms with Crippen LogP contribution in [0.2, 0.25) is 0 Å². The topological polar surface area (TPSA) is 40.5 Å². The highest BCUT2D eigenvalue weighted by Gasteiger charge is 2.13. The summed E-state index contributed by atoms with van der Waals surface area (Å²) in [5.41, 5.74) is 2.11. The molecule has 0 aliphatic rings. The Morgan fingerprint density at radius 1 is 1.22 bits per heavy atom. The first-order valence-electron chi connectivity index (χ1n) is 5.69. The summed E-state index contributed by atoms with van der Waals surface area (Å²) in [5.74, 6) is -0.840. The van der Waals surface area contributed by atoms with E-state index in [0.717, 1.165) is 12.1 Å². The van der Waals surface area contributed by atoms with E-state index in [2.05, 4.69) is 17.0 Å². The Morgan fingerprint density at radius 3 is 2.61 bits per heavy atom. The van der Waals surface area contributed by atoms with Crippen molar-refractivity contribution in [1.29, 1.82) is 0 Å². The van der Waals surface area contributed by atoms with E-state index in [9.17, 15) is 4.79 Å². The van der Waals surface area contributed by atoms with Crippen molar-refractivity contribution in [3.63, 3.8) is 0 Å². The normalized spacial score (nSPS) is 10.8. The van der Waals surface area contributed by atoms with Crippen LogP contribution >= 0.6 is 11.3 Å². The molecule has 1 aromatic heterocycles. The third-order valence-electron chi connectivity index (χ3n) is 2.68. The lowest BCUT2D eigenvalue weighted by Crippen LogP contribution is -2.18. The number of nitrogens with zero attached hydrogens (tertiary/aromatic N) is 1. The summed E-state index contributed by atoms with van der Waals surface area (Å²) in [7, 11) is 2.00. The number of aromatic carboxylic acids is 1. The highest BCUT2D eigenvalue weighted by Crippen LogP contribution is 2.18. The van der Waals surface area contributed by atoms with Gasteiger partial charge in [-0.3, -0.25) is 4.90 Å². The minimum absolute atomic E-state index is 0.440. The van der Waals surface area contributed by atoms with Crippen molar-refractivity contribution < 1.29 is 9.90 Å². The molecule has 0 aliphatic heterocycles. The van der Waals surface area contributed by atoms with Gasteiger partial charge in [0.15, 0.2) is 0 Å². The smallest absolute Gasteiger partial charge is 0.346 e. The van der Waals surface area contributed by atoms with Gasteiger partial charge in [-0.25, -0.2) is 4.79 Å². The molecule has 0 saturated heterocycles. The standard InChI is InChI=1S/C14H15NO2S/c1-15(9-11-5-3-2-4-6-11)10-12-7-8-18-13(12)14(16)17/h2-8H,9-10H2,1H3,(H,16,17). The molecular formula is C14H15NO2S. The van der Waals surface area contributed by atoms with Gasteiger partial charge < -0.3 is 5.11 Å². The summed E-state index contributed by atoms with van der Waals surface area (Å²) < 4.78 is 0. The Morgan fingerprint density at radius 2 is 1.94 bits per heavy atom. The summed E-state index contributed by atoms with van der Waals surface area (Å²) in [6, 6.07) is 12.0. The Hall–Kier alpha value is -1.65. The van der Waals surface area contributed by atoms with Crippen LogP contribution < -0.4 is 0 Å². The van der Waals surface area contributed by atoms with Crippen LogP contribution in [-0.4, -0.2) is 23.0 Å². The number of carboxylic acids is 1. The summed E-state index contributed by atoms with van der Waals surface area (Å²) in [4.78, 5) is 13.6. The highest BCUT2D eigenvalue weighted by molar-refractivity contribution is 7.12. The molecule has 1 aromatic carbocycles. The lowest BCUT2D eigenvalue weighted by atomic mass is 10.2. The van der Waals surface area contributed by atoms with E-state index in [-0.39, 0.29) is 0 Å². The van der Waals surface area contributed by atoms with Gasteiger partial charge in [0.2, 0.25) is 0 Å². The van der Waals surface area contributed by atoms with Crippen LogP contribution in [0.25, 0.3) is 0 Å². The van der Waals surface area contributed by atoms with Crippen molar-refractivity contribution in [1.82, 2.24) is 4.90 Å². The lowest BCUT2D eigenvalue weighted by Gasteiger charge is -2.16. The van der Waals surface area contributed by atoms with Crippen LogP contribution in [0, 0.1) is 0 Å². The van der Waals surface area contributed by atoms with Crippen molar-refractivity contribution in [3.05, 3.63) is 57.8 Å². The van der Waals surface area contributed by atoms with E-state index in [4.69, 9.17) is 5.11 Å². The first-order valence-corrected chi connectivity index (χ1v) is 6.57. The number of hydrogen-bond acceptors (Lipinski definition) is 3. The second kappa shape index (κ2) is 5.80. The molecule has 18 heavy (non-hydrogen) atoms. The van der Waals surface area contributed by atoms with E-state index in [1.54, 1.807) is 0 Å². The SMILES string of the molecule is CN(Cc1ccccc1)Cc1ccsc1C(=O)O. The molecule has 0 aliphatic carbocycles. The van der Waals surface area contributed by atoms with Crippen LogP contribution in [0.3, 0.4) is 0 Å². The van der Waals surface area contributed by atoms with E-state index < -0.39 is 5.97 Å². The Kier molecular flexibility index (Phi) is 4.12. The molecule has 1 N–H and O–H groups in total. The van der Waals surface area contributed by atoms with Crippen LogP contribution in [0.15, 0.2) is 41.8 Å². The van der Waals surface area contributed by atoms with Crippen LogP contribution in [0.1, 0.15) is 20.8 Å². The third-order valence-corrected chi connectivity index (χ3v) is 3.62. The number of carboxylic acid groups (broad SMARTS) is 1. The average molecular weight is 261 g/mol. The number of carbonyl (C=O) groups is 1. The zero-order chi connectivity index (χ0) is 13.0. The second-order valence-corrected chi connectivity index (χ2v) is 5.15. The molecule has 94 valence electrons. The quantitative estimate of drug-likeness (QED) is 0.899. The fourth-order valence-electron chi connectivity index (χ4n) is 1.89. The second-order valence-electron chi connectivity index (χ2n) is 4.24. The minimum atomic E-state index is -0.840. The molecule has 0 bridgehead atoms. The van der Waals surface area contributed by atoms with E-state index in [0.29, 0.717) is 11.4 Å².